The molecule has 0 spiro atoms. The van der Waals surface area contributed by atoms with Gasteiger partial charge in [-0.2, -0.15) is 13.1 Å². The molecule has 6 heteroatoms. The van der Waals surface area contributed by atoms with Crippen molar-refractivity contribution in [1.82, 2.24) is 4.72 Å². The summed E-state index contributed by atoms with van der Waals surface area (Å²) in [7, 11) is -3.67. The quantitative estimate of drug-likeness (QED) is 0.764. The van der Waals surface area contributed by atoms with E-state index in [0.717, 1.165) is 5.56 Å². The maximum Gasteiger partial charge on any atom is 0.274 e. The van der Waals surface area contributed by atoms with Crippen molar-refractivity contribution in [2.45, 2.75) is 12.5 Å². The van der Waals surface area contributed by atoms with E-state index >= 15 is 0 Å². The normalized spacial score (nSPS) is 20.5. The average Bonchev–Trinajstić information content (AvgIpc) is 2.16. The van der Waals surface area contributed by atoms with E-state index in [1.54, 1.807) is 0 Å². The number of ether oxygens (including phenoxy) is 1. The molecule has 1 aliphatic rings. The summed E-state index contributed by atoms with van der Waals surface area (Å²) in [6.45, 7) is 0.490. The fraction of sp³-hybridized carbons (Fsp3) is 0.333. The Morgan fingerprint density at radius 3 is 2.87 bits per heavy atom. The van der Waals surface area contributed by atoms with Crippen LogP contribution in [0.2, 0.25) is 0 Å². The molecule has 2 rings (SSSR count). The lowest BCUT2D eigenvalue weighted by Crippen LogP contribution is -2.36. The number of hydrogen-bond acceptors (Lipinski definition) is 3. The Labute approximate surface area is 88.4 Å². The van der Waals surface area contributed by atoms with Crippen molar-refractivity contribution in [2.75, 3.05) is 6.61 Å². The molecule has 1 aromatic rings. The lowest BCUT2D eigenvalue weighted by atomic mass is 10.0. The fourth-order valence-corrected chi connectivity index (χ4v) is 2.30. The molecular weight excluding hydrogens is 216 g/mol. The van der Waals surface area contributed by atoms with E-state index in [9.17, 15) is 8.42 Å². The third kappa shape index (κ3) is 2.47. The number of para-hydroxylation sites is 1. The second kappa shape index (κ2) is 3.80. The van der Waals surface area contributed by atoms with Gasteiger partial charge in [-0.1, -0.05) is 18.2 Å². The van der Waals surface area contributed by atoms with Crippen LogP contribution in [0.3, 0.4) is 0 Å². The van der Waals surface area contributed by atoms with Crippen LogP contribution in [-0.4, -0.2) is 15.0 Å². The maximum absolute atomic E-state index is 10.9. The van der Waals surface area contributed by atoms with Gasteiger partial charge in [-0.25, -0.2) is 5.14 Å². The largest absolute Gasteiger partial charge is 0.493 e. The molecule has 0 aliphatic carbocycles. The van der Waals surface area contributed by atoms with Gasteiger partial charge in [0, 0.05) is 12.0 Å². The maximum atomic E-state index is 10.9. The molecule has 0 saturated carbocycles. The Bertz CT molecular complexity index is 458. The fourth-order valence-electron chi connectivity index (χ4n) is 1.66. The number of nitrogens with one attached hydrogen (secondary N) is 1. The Balaban J connectivity index is 2.30. The summed E-state index contributed by atoms with van der Waals surface area (Å²) >= 11 is 0. The number of hydrogen-bond donors (Lipinski definition) is 2. The summed E-state index contributed by atoms with van der Waals surface area (Å²) in [6, 6.07) is 7.04. The van der Waals surface area contributed by atoms with Gasteiger partial charge in [0.25, 0.3) is 10.2 Å². The summed E-state index contributed by atoms with van der Waals surface area (Å²) in [6.07, 6.45) is 0.591. The number of fused-ring (bicyclic) bond motifs is 1. The topological polar surface area (TPSA) is 81.4 Å². The SMILES string of the molecule is NS(=O)(=O)NC1CCOc2ccccc21. The zero-order valence-corrected chi connectivity index (χ0v) is 8.83. The van der Waals surface area contributed by atoms with E-state index in [2.05, 4.69) is 4.72 Å². The van der Waals surface area contributed by atoms with Crippen molar-refractivity contribution in [3.05, 3.63) is 29.8 Å². The molecule has 1 atom stereocenters. The van der Waals surface area contributed by atoms with Crippen molar-refractivity contribution in [3.8, 4) is 5.75 Å². The standard InChI is InChI=1S/C9H12N2O3S/c10-15(12,13)11-8-5-6-14-9-4-2-1-3-7(8)9/h1-4,8,11H,5-6H2,(H2,10,12,13). The number of benzene rings is 1. The predicted molar refractivity (Wildman–Crippen MR) is 55.5 cm³/mol. The second-order valence-electron chi connectivity index (χ2n) is 3.39. The van der Waals surface area contributed by atoms with Crippen molar-refractivity contribution in [3.63, 3.8) is 0 Å². The Hall–Kier alpha value is -1.11. The van der Waals surface area contributed by atoms with Crippen LogP contribution in [0.4, 0.5) is 0 Å². The molecular formula is C9H12N2O3S. The van der Waals surface area contributed by atoms with Crippen molar-refractivity contribution in [1.29, 1.82) is 0 Å². The van der Waals surface area contributed by atoms with Gasteiger partial charge in [0.1, 0.15) is 5.75 Å². The lowest BCUT2D eigenvalue weighted by Gasteiger charge is -2.25. The predicted octanol–water partition coefficient (Wildman–Crippen LogP) is 0.303. The Morgan fingerprint density at radius 2 is 2.13 bits per heavy atom. The first-order valence-corrected chi connectivity index (χ1v) is 6.13. The van der Waals surface area contributed by atoms with Crippen LogP contribution in [0, 0.1) is 0 Å². The highest BCUT2D eigenvalue weighted by molar-refractivity contribution is 7.87. The smallest absolute Gasteiger partial charge is 0.274 e. The lowest BCUT2D eigenvalue weighted by molar-refractivity contribution is 0.263. The van der Waals surface area contributed by atoms with Crippen LogP contribution in [-0.2, 0) is 10.2 Å². The van der Waals surface area contributed by atoms with Gasteiger partial charge in [-0.15, -0.1) is 0 Å². The zero-order valence-electron chi connectivity index (χ0n) is 8.01. The van der Waals surface area contributed by atoms with Crippen LogP contribution in [0.5, 0.6) is 5.75 Å². The first kappa shape index (κ1) is 10.4. The molecule has 82 valence electrons. The van der Waals surface area contributed by atoms with Gasteiger partial charge in [-0.05, 0) is 6.07 Å². The second-order valence-corrected chi connectivity index (χ2v) is 4.72. The monoisotopic (exact) mass is 228 g/mol. The first-order chi connectivity index (χ1) is 7.06. The van der Waals surface area contributed by atoms with E-state index < -0.39 is 10.2 Å². The zero-order chi connectivity index (χ0) is 10.9. The van der Waals surface area contributed by atoms with Gasteiger partial charge in [0.05, 0.1) is 12.6 Å². The highest BCUT2D eigenvalue weighted by Crippen LogP contribution is 2.31. The van der Waals surface area contributed by atoms with Gasteiger partial charge in [-0.3, -0.25) is 0 Å². The molecule has 1 heterocycles. The van der Waals surface area contributed by atoms with E-state index in [1.165, 1.54) is 0 Å². The van der Waals surface area contributed by atoms with E-state index in [1.807, 2.05) is 24.3 Å². The molecule has 1 unspecified atom stereocenters. The number of nitrogens with two attached hydrogens (primary N) is 1. The molecule has 1 aliphatic heterocycles. The minimum atomic E-state index is -3.67. The van der Waals surface area contributed by atoms with Gasteiger partial charge < -0.3 is 4.74 Å². The molecule has 0 saturated heterocycles. The summed E-state index contributed by atoms with van der Waals surface area (Å²) in [5.41, 5.74) is 0.831. The van der Waals surface area contributed by atoms with Gasteiger partial charge in [0.2, 0.25) is 0 Å². The van der Waals surface area contributed by atoms with Crippen LogP contribution >= 0.6 is 0 Å². The summed E-state index contributed by atoms with van der Waals surface area (Å²) in [5.74, 6) is 0.713. The first-order valence-electron chi connectivity index (χ1n) is 4.58. The molecule has 0 bridgehead atoms. The van der Waals surface area contributed by atoms with Crippen molar-refractivity contribution < 1.29 is 13.2 Å². The molecule has 0 fully saturated rings. The van der Waals surface area contributed by atoms with E-state index in [-0.39, 0.29) is 6.04 Å². The van der Waals surface area contributed by atoms with Gasteiger partial charge in [0.15, 0.2) is 0 Å². The summed E-state index contributed by atoms with van der Waals surface area (Å²) in [5, 5.41) is 4.94. The highest BCUT2D eigenvalue weighted by atomic mass is 32.2. The minimum Gasteiger partial charge on any atom is -0.493 e. The van der Waals surface area contributed by atoms with E-state index in [4.69, 9.17) is 9.88 Å². The molecule has 5 nitrogen and oxygen atoms in total. The summed E-state index contributed by atoms with van der Waals surface area (Å²) in [4.78, 5) is 0. The Morgan fingerprint density at radius 1 is 1.40 bits per heavy atom. The van der Waals surface area contributed by atoms with E-state index in [0.29, 0.717) is 18.8 Å². The highest BCUT2D eigenvalue weighted by Gasteiger charge is 2.23. The summed E-state index contributed by atoms with van der Waals surface area (Å²) < 4.78 is 29.6. The van der Waals surface area contributed by atoms with Gasteiger partial charge >= 0.3 is 0 Å². The van der Waals surface area contributed by atoms with Crippen LogP contribution in [0.25, 0.3) is 0 Å². The van der Waals surface area contributed by atoms with Crippen LogP contribution < -0.4 is 14.6 Å². The molecule has 3 N–H and O–H groups in total. The molecule has 0 aromatic heterocycles. The third-order valence-corrected chi connectivity index (χ3v) is 2.88. The Kier molecular flexibility index (Phi) is 2.64. The molecule has 0 radical (unpaired) electrons. The van der Waals surface area contributed by atoms with Crippen LogP contribution in [0.1, 0.15) is 18.0 Å². The third-order valence-electron chi connectivity index (χ3n) is 2.27. The average molecular weight is 228 g/mol. The molecule has 15 heavy (non-hydrogen) atoms. The molecule has 1 aromatic carbocycles. The van der Waals surface area contributed by atoms with Crippen molar-refractivity contribution >= 4 is 10.2 Å². The number of rotatable bonds is 2. The molecule has 0 amide bonds. The van der Waals surface area contributed by atoms with Crippen molar-refractivity contribution in [2.24, 2.45) is 5.14 Å². The minimum absolute atomic E-state index is 0.287. The van der Waals surface area contributed by atoms with Crippen LogP contribution in [0.15, 0.2) is 24.3 Å².